The molecule has 301 valence electrons. The second-order valence-electron chi connectivity index (χ2n) is 11.7. The Morgan fingerprint density at radius 1 is 0.414 bits per heavy atom. The maximum Gasteiger partial charge on any atom is 2.00 e. The summed E-state index contributed by atoms with van der Waals surface area (Å²) in [6, 6.07) is 36.1. The minimum absolute atomic E-state index is 0. The molecule has 1 N–H and O–H groups in total. The predicted octanol–water partition coefficient (Wildman–Crippen LogP) is 12.7. The van der Waals surface area contributed by atoms with Crippen LogP contribution in [0.3, 0.4) is 0 Å². The number of aryl methyl sites for hydroxylation is 2. The van der Waals surface area contributed by atoms with Crippen molar-refractivity contribution < 1.29 is 17.1 Å². The van der Waals surface area contributed by atoms with Crippen LogP contribution in [0.4, 0.5) is 0 Å². The molecular weight excluding hydrogens is 766 g/mol. The average molecular weight is 820 g/mol. The first-order valence-corrected chi connectivity index (χ1v) is 19.6. The van der Waals surface area contributed by atoms with E-state index in [1.807, 2.05) is 179 Å². The van der Waals surface area contributed by atoms with Crippen molar-refractivity contribution in [1.82, 2.24) is 44.9 Å². The summed E-state index contributed by atoms with van der Waals surface area (Å²) in [5, 5.41) is 3.70. The fraction of sp³-hybridized carbons (Fsp3) is 0.208. The Morgan fingerprint density at radius 3 is 1.10 bits per heavy atom. The van der Waals surface area contributed by atoms with Gasteiger partial charge in [-0.25, -0.2) is 19.9 Å². The minimum Gasteiger partial charge on any atom is -0.358 e. The molecule has 58 heavy (non-hydrogen) atoms. The van der Waals surface area contributed by atoms with E-state index in [-0.39, 0.29) is 24.5 Å². The molecule has 0 saturated carbocycles. The van der Waals surface area contributed by atoms with Crippen molar-refractivity contribution in [2.75, 3.05) is 0 Å². The Bertz CT molecular complexity index is 2370. The van der Waals surface area contributed by atoms with E-state index in [1.54, 1.807) is 0 Å². The van der Waals surface area contributed by atoms with E-state index < -0.39 is 0 Å². The van der Waals surface area contributed by atoms with Crippen molar-refractivity contribution in [3.05, 3.63) is 134 Å². The maximum absolute atomic E-state index is 5.00. The van der Waals surface area contributed by atoms with Crippen molar-refractivity contribution in [3.8, 4) is 45.6 Å². The molecule has 0 spiro atoms. The van der Waals surface area contributed by atoms with Gasteiger partial charge in [0.25, 0.3) is 0 Å². The average Bonchev–Trinajstić information content (AvgIpc) is 4.01. The molecule has 9 nitrogen and oxygen atoms in total. The number of aromatic amines is 1. The van der Waals surface area contributed by atoms with Gasteiger partial charge in [0.05, 0.1) is 11.6 Å². The summed E-state index contributed by atoms with van der Waals surface area (Å²) in [5.74, 6) is 2.30. The first-order chi connectivity index (χ1) is 27.6. The number of fused-ring (bicyclic) bond motifs is 20. The Labute approximate surface area is 353 Å². The number of hydrogen-bond acceptors (Lipinski definition) is 7. The predicted molar refractivity (Wildman–Crippen MR) is 241 cm³/mol. The molecule has 0 amide bonds. The number of benzene rings is 4. The fourth-order valence-electron chi connectivity index (χ4n) is 6.07. The quantitative estimate of drug-likeness (QED) is 0.119. The summed E-state index contributed by atoms with van der Waals surface area (Å²) >= 11 is 0. The van der Waals surface area contributed by atoms with E-state index in [9.17, 15) is 0 Å². The molecule has 0 fully saturated rings. The zero-order valence-corrected chi connectivity index (χ0v) is 36.3. The van der Waals surface area contributed by atoms with Crippen LogP contribution in [-0.4, -0.2) is 39.9 Å². The first-order valence-electron chi connectivity index (χ1n) is 19.6. The number of aromatic nitrogens is 9. The summed E-state index contributed by atoms with van der Waals surface area (Å²) in [4.78, 5) is 42.1. The van der Waals surface area contributed by atoms with Crippen molar-refractivity contribution >= 4 is 44.1 Å². The normalized spacial score (nSPS) is 9.97. The van der Waals surface area contributed by atoms with Gasteiger partial charge < -0.3 is 27.4 Å². The largest absolute Gasteiger partial charge is 2.00 e. The zero-order chi connectivity index (χ0) is 40.2. The summed E-state index contributed by atoms with van der Waals surface area (Å²) < 4.78 is 0. The third-order valence-electron chi connectivity index (χ3n) is 8.45. The van der Waals surface area contributed by atoms with E-state index in [2.05, 4.69) is 16.0 Å². The zero-order valence-electron chi connectivity index (χ0n) is 35.3. The standard InChI is InChI=1S/C32H17N8.C7H9N.4C2H6.CH3.Cu/c1-2-10-18-17(9-1)25-33-26(18)38-28-21-13-5-6-14-22(21)30(35-28)40-32-24-16-8-7-15-23(24)31(36-32)39-29-20-12-4-3-11-19(20)27(34-29)37-25;1-6-3-4-7(2)8-5-6;4*1-2;;/h1-16H,(H-,33,34,35,36,37,38,39,40);3-5H,1-2H3;4*1-2H3;1H3;/q-1;;;;;;-1;+2. The molecule has 0 aliphatic carbocycles. The van der Waals surface area contributed by atoms with Crippen LogP contribution >= 0.6 is 0 Å². The molecule has 6 heterocycles. The van der Waals surface area contributed by atoms with Gasteiger partial charge in [-0.2, -0.15) is 0 Å². The van der Waals surface area contributed by atoms with Gasteiger partial charge in [-0.15, -0.1) is 0 Å². The second-order valence-corrected chi connectivity index (χ2v) is 11.7. The number of nitrogens with one attached hydrogen (secondary N) is 1. The van der Waals surface area contributed by atoms with Crippen molar-refractivity contribution in [2.45, 2.75) is 69.2 Å². The van der Waals surface area contributed by atoms with Crippen LogP contribution in [0.25, 0.3) is 89.7 Å². The molecule has 2 aliphatic rings. The molecule has 1 radical (unpaired) electrons. The number of hydrogen-bond donors (Lipinski definition) is 1. The third kappa shape index (κ3) is 9.53. The van der Waals surface area contributed by atoms with E-state index in [0.717, 1.165) is 49.5 Å². The summed E-state index contributed by atoms with van der Waals surface area (Å²) in [6.45, 7) is 20.0. The van der Waals surface area contributed by atoms with Crippen LogP contribution < -0.4 is 4.98 Å². The molecule has 10 rings (SSSR count). The maximum atomic E-state index is 5.00. The SMILES string of the molecule is CC.CC.CC.CC.Cc1ccc(C)nc1.[CH3-].[Cu+2].c1ccc2c(c1)-c1nc-2nc2[nH]c(nc3nc(nc4[n-]c(n1)c1ccccc41)-c1ccccc1-3)c1ccccc21. The molecule has 4 aromatic carbocycles. The van der Waals surface area contributed by atoms with E-state index in [4.69, 9.17) is 34.9 Å². The van der Waals surface area contributed by atoms with E-state index in [1.165, 1.54) is 5.56 Å². The van der Waals surface area contributed by atoms with Gasteiger partial charge in [-0.1, -0.05) is 159 Å². The van der Waals surface area contributed by atoms with Crippen molar-refractivity contribution in [1.29, 1.82) is 0 Å². The van der Waals surface area contributed by atoms with Crippen LogP contribution in [0.2, 0.25) is 0 Å². The van der Waals surface area contributed by atoms with E-state index >= 15 is 0 Å². The van der Waals surface area contributed by atoms with Gasteiger partial charge in [0.2, 0.25) is 0 Å². The van der Waals surface area contributed by atoms with Gasteiger partial charge in [0.1, 0.15) is 11.3 Å². The van der Waals surface area contributed by atoms with Gasteiger partial charge >= 0.3 is 17.1 Å². The molecule has 2 aliphatic heterocycles. The first kappa shape index (κ1) is 46.3. The van der Waals surface area contributed by atoms with Crippen LogP contribution in [0.1, 0.15) is 66.6 Å². The molecule has 0 unspecified atom stereocenters. The second kappa shape index (κ2) is 22.0. The third-order valence-corrected chi connectivity index (χ3v) is 8.45. The molecule has 8 aromatic rings. The minimum atomic E-state index is 0. The summed E-state index contributed by atoms with van der Waals surface area (Å²) in [5.41, 5.74) is 8.41. The Morgan fingerprint density at radius 2 is 0.759 bits per heavy atom. The molecule has 4 aromatic heterocycles. The number of H-pyrrole nitrogens is 1. The Balaban J connectivity index is 0.000000435. The topological polar surface area (TPSA) is 120 Å². The monoisotopic (exact) mass is 818 g/mol. The van der Waals surface area contributed by atoms with Gasteiger partial charge in [-0.3, -0.25) is 4.98 Å². The van der Waals surface area contributed by atoms with Gasteiger partial charge in [0, 0.05) is 56.2 Å². The molecular formula is C48H53CuN9. The van der Waals surface area contributed by atoms with Crippen LogP contribution in [0, 0.1) is 21.3 Å². The van der Waals surface area contributed by atoms with Crippen molar-refractivity contribution in [3.63, 3.8) is 0 Å². The molecule has 8 bridgehead atoms. The van der Waals surface area contributed by atoms with Crippen molar-refractivity contribution in [2.24, 2.45) is 0 Å². The number of rotatable bonds is 0. The number of nitrogens with zero attached hydrogens (tertiary/aromatic N) is 8. The van der Waals surface area contributed by atoms with Crippen LogP contribution in [0.15, 0.2) is 115 Å². The molecule has 0 atom stereocenters. The Hall–Kier alpha value is -6.09. The molecule has 0 saturated heterocycles. The van der Waals surface area contributed by atoms with Gasteiger partial charge in [0.15, 0.2) is 11.6 Å². The smallest absolute Gasteiger partial charge is 0.358 e. The molecule has 10 heteroatoms. The van der Waals surface area contributed by atoms with E-state index in [0.29, 0.717) is 45.9 Å². The van der Waals surface area contributed by atoms with Crippen LogP contribution in [0.5, 0.6) is 0 Å². The summed E-state index contributed by atoms with van der Waals surface area (Å²) in [7, 11) is 0. The van der Waals surface area contributed by atoms with Crippen LogP contribution in [-0.2, 0) is 17.1 Å². The van der Waals surface area contributed by atoms with Gasteiger partial charge in [-0.05, 0) is 36.2 Å². The fourth-order valence-corrected chi connectivity index (χ4v) is 6.07. The Kier molecular flexibility index (Phi) is 17.6. The number of pyridine rings is 1. The summed E-state index contributed by atoms with van der Waals surface area (Å²) in [6.07, 6.45) is 1.87.